The highest BCUT2D eigenvalue weighted by molar-refractivity contribution is 5.99. The highest BCUT2D eigenvalue weighted by Gasteiger charge is 2.22. The lowest BCUT2D eigenvalue weighted by Crippen LogP contribution is -2.34. The predicted octanol–water partition coefficient (Wildman–Crippen LogP) is 4.34. The van der Waals surface area contributed by atoms with Crippen molar-refractivity contribution in [3.63, 3.8) is 0 Å². The fourth-order valence-corrected chi connectivity index (χ4v) is 4.68. The van der Waals surface area contributed by atoms with Gasteiger partial charge in [0.25, 0.3) is 5.91 Å². The Morgan fingerprint density at radius 2 is 1.94 bits per heavy atom. The molecule has 1 heterocycles. The van der Waals surface area contributed by atoms with Gasteiger partial charge in [-0.1, -0.05) is 13.0 Å². The number of aryl methyl sites for hydroxylation is 1. The standard InChI is InChI=1S/C26H33N3O3/c1-16-6-9-21-19(12-16)20-13-18(7-10-22(20)28-21)26(30)27-15-23(29(2)3)17-8-11-24(31-4)25(14-17)32-5/h7-8,10-11,13-14,16,23,28H,6,9,12,15H2,1-5H3,(H,27,30). The number of hydrogen-bond acceptors (Lipinski definition) is 4. The van der Waals surface area contributed by atoms with Crippen LogP contribution in [-0.2, 0) is 12.8 Å². The molecule has 0 saturated carbocycles. The van der Waals surface area contributed by atoms with Gasteiger partial charge in [-0.3, -0.25) is 4.79 Å². The summed E-state index contributed by atoms with van der Waals surface area (Å²) in [5, 5.41) is 4.31. The molecule has 2 atom stereocenters. The van der Waals surface area contributed by atoms with Gasteiger partial charge >= 0.3 is 0 Å². The van der Waals surface area contributed by atoms with E-state index in [2.05, 4.69) is 22.1 Å². The molecule has 1 amide bonds. The number of amides is 1. The van der Waals surface area contributed by atoms with E-state index in [4.69, 9.17) is 9.47 Å². The van der Waals surface area contributed by atoms with Gasteiger partial charge in [0.05, 0.1) is 20.3 Å². The first-order chi connectivity index (χ1) is 15.4. The molecule has 0 aliphatic heterocycles. The Balaban J connectivity index is 1.53. The largest absolute Gasteiger partial charge is 0.493 e. The molecule has 32 heavy (non-hydrogen) atoms. The second-order valence-corrected chi connectivity index (χ2v) is 8.99. The number of likely N-dealkylation sites (N-methyl/N-ethyl adjacent to an activating group) is 1. The van der Waals surface area contributed by atoms with Gasteiger partial charge in [0.1, 0.15) is 0 Å². The molecular weight excluding hydrogens is 402 g/mol. The normalized spacial score (nSPS) is 16.6. The molecule has 1 aliphatic rings. The lowest BCUT2D eigenvalue weighted by Gasteiger charge is -2.26. The first-order valence-corrected chi connectivity index (χ1v) is 11.2. The van der Waals surface area contributed by atoms with Gasteiger partial charge in [-0.2, -0.15) is 0 Å². The highest BCUT2D eigenvalue weighted by atomic mass is 16.5. The van der Waals surface area contributed by atoms with Crippen LogP contribution in [0.1, 0.15) is 46.6 Å². The highest BCUT2D eigenvalue weighted by Crippen LogP contribution is 2.33. The number of nitrogens with zero attached hydrogens (tertiary/aromatic N) is 1. The summed E-state index contributed by atoms with van der Waals surface area (Å²) >= 11 is 0. The van der Waals surface area contributed by atoms with E-state index in [0.717, 1.165) is 23.9 Å². The maximum atomic E-state index is 13.0. The average molecular weight is 436 g/mol. The van der Waals surface area contributed by atoms with E-state index in [1.54, 1.807) is 14.2 Å². The Labute approximate surface area is 189 Å². The minimum absolute atomic E-state index is 0.00311. The smallest absolute Gasteiger partial charge is 0.251 e. The number of H-pyrrole nitrogens is 1. The van der Waals surface area contributed by atoms with Crippen molar-refractivity contribution in [3.05, 3.63) is 58.8 Å². The molecule has 2 aromatic carbocycles. The Kier molecular flexibility index (Phi) is 6.42. The monoisotopic (exact) mass is 435 g/mol. The Morgan fingerprint density at radius 3 is 2.66 bits per heavy atom. The molecule has 0 saturated heterocycles. The lowest BCUT2D eigenvalue weighted by atomic mass is 9.87. The van der Waals surface area contributed by atoms with Crippen molar-refractivity contribution in [2.45, 2.75) is 32.2 Å². The second-order valence-electron chi connectivity index (χ2n) is 8.99. The SMILES string of the molecule is COc1ccc(C(CNC(=O)c2ccc3[nH]c4c(c3c2)CC(C)CC4)N(C)C)cc1OC. The lowest BCUT2D eigenvalue weighted by molar-refractivity contribution is 0.0942. The zero-order valence-corrected chi connectivity index (χ0v) is 19.6. The number of aromatic nitrogens is 1. The third-order valence-electron chi connectivity index (χ3n) is 6.57. The van der Waals surface area contributed by atoms with Crippen LogP contribution in [0.25, 0.3) is 10.9 Å². The van der Waals surface area contributed by atoms with Gasteiger partial charge in [-0.15, -0.1) is 0 Å². The quantitative estimate of drug-likeness (QED) is 0.579. The number of carbonyl (C=O) groups excluding carboxylic acids is 1. The Hall–Kier alpha value is -2.99. The zero-order valence-electron chi connectivity index (χ0n) is 19.6. The summed E-state index contributed by atoms with van der Waals surface area (Å²) in [7, 11) is 7.27. The van der Waals surface area contributed by atoms with Gasteiger partial charge in [0.15, 0.2) is 11.5 Å². The Morgan fingerprint density at radius 1 is 1.16 bits per heavy atom. The molecule has 0 spiro atoms. The van der Waals surface area contributed by atoms with Crippen molar-refractivity contribution >= 4 is 16.8 Å². The Bertz CT molecular complexity index is 1120. The molecule has 6 nitrogen and oxygen atoms in total. The third-order valence-corrected chi connectivity index (χ3v) is 6.57. The van der Waals surface area contributed by atoms with E-state index in [-0.39, 0.29) is 11.9 Å². The molecule has 3 aromatic rings. The first-order valence-electron chi connectivity index (χ1n) is 11.2. The van der Waals surface area contributed by atoms with Crippen LogP contribution < -0.4 is 14.8 Å². The number of carbonyl (C=O) groups is 1. The van der Waals surface area contributed by atoms with Crippen LogP contribution in [0, 0.1) is 5.92 Å². The summed E-state index contributed by atoms with van der Waals surface area (Å²) in [6.07, 6.45) is 3.38. The molecule has 1 aliphatic carbocycles. The van der Waals surface area contributed by atoms with Crippen molar-refractivity contribution in [2.24, 2.45) is 5.92 Å². The van der Waals surface area contributed by atoms with E-state index in [9.17, 15) is 4.79 Å². The van der Waals surface area contributed by atoms with E-state index in [0.29, 0.717) is 29.5 Å². The number of nitrogens with one attached hydrogen (secondary N) is 2. The summed E-state index contributed by atoms with van der Waals surface area (Å²) < 4.78 is 10.8. The van der Waals surface area contributed by atoms with Crippen LogP contribution >= 0.6 is 0 Å². The number of hydrogen-bond donors (Lipinski definition) is 2. The van der Waals surface area contributed by atoms with Crippen molar-refractivity contribution in [3.8, 4) is 11.5 Å². The second kappa shape index (κ2) is 9.25. The predicted molar refractivity (Wildman–Crippen MR) is 128 cm³/mol. The summed E-state index contributed by atoms with van der Waals surface area (Å²) in [6, 6.07) is 11.9. The molecule has 6 heteroatoms. The van der Waals surface area contributed by atoms with Gasteiger partial charge in [0.2, 0.25) is 0 Å². The van der Waals surface area contributed by atoms with Crippen molar-refractivity contribution in [1.29, 1.82) is 0 Å². The molecule has 0 radical (unpaired) electrons. The first kappa shape index (κ1) is 22.2. The van der Waals surface area contributed by atoms with Crippen molar-refractivity contribution in [2.75, 3.05) is 34.9 Å². The van der Waals surface area contributed by atoms with E-state index < -0.39 is 0 Å². The summed E-state index contributed by atoms with van der Waals surface area (Å²) in [4.78, 5) is 18.7. The van der Waals surface area contributed by atoms with Crippen molar-refractivity contribution in [1.82, 2.24) is 15.2 Å². The van der Waals surface area contributed by atoms with Crippen LogP contribution in [0.5, 0.6) is 11.5 Å². The molecule has 4 rings (SSSR count). The number of methoxy groups -OCH3 is 2. The molecule has 170 valence electrons. The summed E-state index contributed by atoms with van der Waals surface area (Å²) in [5.74, 6) is 2.00. The van der Waals surface area contributed by atoms with Crippen LogP contribution in [0.2, 0.25) is 0 Å². The maximum Gasteiger partial charge on any atom is 0.251 e. The van der Waals surface area contributed by atoms with E-state index in [1.165, 1.54) is 23.1 Å². The average Bonchev–Trinajstić information content (AvgIpc) is 3.15. The van der Waals surface area contributed by atoms with Gasteiger partial charge in [-0.05, 0) is 80.7 Å². The fraction of sp³-hybridized carbons (Fsp3) is 0.423. The number of aromatic amines is 1. The molecule has 0 bridgehead atoms. The zero-order chi connectivity index (χ0) is 22.8. The van der Waals surface area contributed by atoms with Gasteiger partial charge in [-0.25, -0.2) is 0 Å². The number of fused-ring (bicyclic) bond motifs is 3. The van der Waals surface area contributed by atoms with Crippen LogP contribution in [0.4, 0.5) is 0 Å². The third kappa shape index (κ3) is 4.32. The molecule has 0 fully saturated rings. The minimum Gasteiger partial charge on any atom is -0.493 e. The summed E-state index contributed by atoms with van der Waals surface area (Å²) in [5.41, 5.74) is 5.58. The minimum atomic E-state index is -0.0574. The molecule has 2 unspecified atom stereocenters. The molecular formula is C26H33N3O3. The van der Waals surface area contributed by atoms with Crippen LogP contribution in [0.15, 0.2) is 36.4 Å². The summed E-state index contributed by atoms with van der Waals surface area (Å²) in [6.45, 7) is 2.79. The van der Waals surface area contributed by atoms with Crippen LogP contribution in [-0.4, -0.2) is 50.7 Å². The molecule has 2 N–H and O–H groups in total. The van der Waals surface area contributed by atoms with E-state index >= 15 is 0 Å². The topological polar surface area (TPSA) is 66.6 Å². The van der Waals surface area contributed by atoms with Gasteiger partial charge < -0.3 is 24.7 Å². The van der Waals surface area contributed by atoms with Crippen molar-refractivity contribution < 1.29 is 14.3 Å². The van der Waals surface area contributed by atoms with E-state index in [1.807, 2.05) is 50.5 Å². The maximum absolute atomic E-state index is 13.0. The fourth-order valence-electron chi connectivity index (χ4n) is 4.68. The number of rotatable bonds is 7. The molecule has 1 aromatic heterocycles. The number of benzene rings is 2. The number of ether oxygens (including phenoxy) is 2. The van der Waals surface area contributed by atoms with Gasteiger partial charge in [0, 0.05) is 28.7 Å². The van der Waals surface area contributed by atoms with Crippen LogP contribution in [0.3, 0.4) is 0 Å².